The Balaban J connectivity index is 1.85. The molecule has 0 aliphatic carbocycles. The summed E-state index contributed by atoms with van der Waals surface area (Å²) in [4.78, 5) is 4.75. The SMILES string of the molecule is Cc1ccc(-c2cc(O)c3c(c2)CN(CCCCO)CCO3)s1. The summed E-state index contributed by atoms with van der Waals surface area (Å²) in [7, 11) is 0. The molecule has 1 aromatic heterocycles. The number of ether oxygens (including phenoxy) is 1. The van der Waals surface area contributed by atoms with Crippen LogP contribution in [0.5, 0.6) is 11.5 Å². The van der Waals surface area contributed by atoms with Crippen molar-refractivity contribution in [2.24, 2.45) is 0 Å². The van der Waals surface area contributed by atoms with Gasteiger partial charge in [0, 0.05) is 35.0 Å². The van der Waals surface area contributed by atoms with Gasteiger partial charge in [-0.25, -0.2) is 0 Å². The van der Waals surface area contributed by atoms with Gasteiger partial charge in [0.05, 0.1) is 0 Å². The Morgan fingerprint density at radius 2 is 2.13 bits per heavy atom. The average molecular weight is 333 g/mol. The molecule has 124 valence electrons. The first-order valence-corrected chi connectivity index (χ1v) is 8.87. The van der Waals surface area contributed by atoms with Gasteiger partial charge in [-0.3, -0.25) is 4.90 Å². The summed E-state index contributed by atoms with van der Waals surface area (Å²) in [5, 5.41) is 19.3. The van der Waals surface area contributed by atoms with E-state index in [0.717, 1.165) is 48.5 Å². The van der Waals surface area contributed by atoms with Gasteiger partial charge in [0.15, 0.2) is 11.5 Å². The molecule has 2 N–H and O–H groups in total. The third kappa shape index (κ3) is 3.86. The molecular weight excluding hydrogens is 310 g/mol. The second-order valence-corrected chi connectivity index (χ2v) is 7.24. The minimum atomic E-state index is 0.223. The Labute approximate surface area is 141 Å². The molecule has 23 heavy (non-hydrogen) atoms. The summed E-state index contributed by atoms with van der Waals surface area (Å²) < 4.78 is 5.77. The average Bonchev–Trinajstić information content (AvgIpc) is 2.85. The van der Waals surface area contributed by atoms with E-state index in [-0.39, 0.29) is 12.4 Å². The first-order valence-electron chi connectivity index (χ1n) is 8.06. The van der Waals surface area contributed by atoms with Gasteiger partial charge in [0.25, 0.3) is 0 Å². The molecular formula is C18H23NO3S. The smallest absolute Gasteiger partial charge is 0.165 e. The van der Waals surface area contributed by atoms with E-state index in [1.807, 2.05) is 0 Å². The van der Waals surface area contributed by atoms with E-state index < -0.39 is 0 Å². The number of fused-ring (bicyclic) bond motifs is 1. The number of hydrogen-bond acceptors (Lipinski definition) is 5. The van der Waals surface area contributed by atoms with Crippen LogP contribution in [0.2, 0.25) is 0 Å². The monoisotopic (exact) mass is 333 g/mol. The van der Waals surface area contributed by atoms with Crippen molar-refractivity contribution < 1.29 is 14.9 Å². The number of unbranched alkanes of at least 4 members (excludes halogenated alkanes) is 1. The van der Waals surface area contributed by atoms with Crippen LogP contribution in [0.1, 0.15) is 23.3 Å². The highest BCUT2D eigenvalue weighted by molar-refractivity contribution is 7.15. The zero-order valence-electron chi connectivity index (χ0n) is 13.4. The Kier molecular flexibility index (Phi) is 5.20. The van der Waals surface area contributed by atoms with E-state index in [4.69, 9.17) is 9.84 Å². The van der Waals surface area contributed by atoms with Gasteiger partial charge in [-0.1, -0.05) is 0 Å². The zero-order valence-corrected chi connectivity index (χ0v) is 14.2. The number of benzene rings is 1. The fraction of sp³-hybridized carbons (Fsp3) is 0.444. The summed E-state index contributed by atoms with van der Waals surface area (Å²) in [6.45, 7) is 5.45. The lowest BCUT2D eigenvalue weighted by Gasteiger charge is -2.19. The molecule has 0 fully saturated rings. The van der Waals surface area contributed by atoms with Crippen LogP contribution in [0, 0.1) is 6.92 Å². The van der Waals surface area contributed by atoms with E-state index in [1.165, 1.54) is 4.88 Å². The lowest BCUT2D eigenvalue weighted by molar-refractivity contribution is 0.211. The van der Waals surface area contributed by atoms with Crippen molar-refractivity contribution in [2.75, 3.05) is 26.3 Å². The molecule has 5 heteroatoms. The van der Waals surface area contributed by atoms with Gasteiger partial charge < -0.3 is 14.9 Å². The maximum absolute atomic E-state index is 10.4. The predicted molar refractivity (Wildman–Crippen MR) is 93.2 cm³/mol. The maximum atomic E-state index is 10.4. The van der Waals surface area contributed by atoms with E-state index in [0.29, 0.717) is 12.4 Å². The van der Waals surface area contributed by atoms with E-state index >= 15 is 0 Å². The molecule has 0 amide bonds. The molecule has 1 aromatic carbocycles. The van der Waals surface area contributed by atoms with Crippen molar-refractivity contribution in [3.63, 3.8) is 0 Å². The molecule has 0 saturated heterocycles. The normalized spacial score (nSPS) is 15.0. The van der Waals surface area contributed by atoms with Gasteiger partial charge in [0.2, 0.25) is 0 Å². The molecule has 0 atom stereocenters. The van der Waals surface area contributed by atoms with Crippen molar-refractivity contribution in [1.29, 1.82) is 0 Å². The lowest BCUT2D eigenvalue weighted by Crippen LogP contribution is -2.26. The third-order valence-corrected chi connectivity index (χ3v) is 5.15. The maximum Gasteiger partial charge on any atom is 0.165 e. The largest absolute Gasteiger partial charge is 0.504 e. The molecule has 0 spiro atoms. The number of phenolic OH excluding ortho intramolecular Hbond substituents is 1. The van der Waals surface area contributed by atoms with E-state index in [2.05, 4.69) is 30.0 Å². The van der Waals surface area contributed by atoms with Gasteiger partial charge in [-0.05, 0) is 56.1 Å². The molecule has 0 unspecified atom stereocenters. The summed E-state index contributed by atoms with van der Waals surface area (Å²) >= 11 is 1.73. The van der Waals surface area contributed by atoms with Crippen LogP contribution in [-0.4, -0.2) is 41.4 Å². The molecule has 4 nitrogen and oxygen atoms in total. The van der Waals surface area contributed by atoms with Crippen LogP contribution in [0.4, 0.5) is 0 Å². The number of phenols is 1. The zero-order chi connectivity index (χ0) is 16.2. The number of aliphatic hydroxyl groups is 1. The number of aromatic hydroxyl groups is 1. The van der Waals surface area contributed by atoms with Gasteiger partial charge >= 0.3 is 0 Å². The lowest BCUT2D eigenvalue weighted by atomic mass is 10.1. The number of nitrogens with zero attached hydrogens (tertiary/aromatic N) is 1. The van der Waals surface area contributed by atoms with Crippen molar-refractivity contribution in [3.05, 3.63) is 34.7 Å². The fourth-order valence-corrected chi connectivity index (χ4v) is 3.78. The quantitative estimate of drug-likeness (QED) is 0.824. The first-order chi connectivity index (χ1) is 11.2. The van der Waals surface area contributed by atoms with Gasteiger partial charge in [-0.15, -0.1) is 11.3 Å². The minimum absolute atomic E-state index is 0.223. The van der Waals surface area contributed by atoms with Crippen LogP contribution in [0.15, 0.2) is 24.3 Å². The molecule has 2 aromatic rings. The van der Waals surface area contributed by atoms with Crippen LogP contribution < -0.4 is 4.74 Å². The number of aliphatic hydroxyl groups excluding tert-OH is 1. The van der Waals surface area contributed by atoms with Crippen molar-refractivity contribution in [1.82, 2.24) is 4.90 Å². The Bertz CT molecular complexity index is 668. The summed E-state index contributed by atoms with van der Waals surface area (Å²) in [5.74, 6) is 0.840. The molecule has 1 aliphatic heterocycles. The van der Waals surface area contributed by atoms with E-state index in [9.17, 15) is 5.11 Å². The summed E-state index contributed by atoms with van der Waals surface area (Å²) in [6.07, 6.45) is 1.80. The number of thiophene rings is 1. The number of aryl methyl sites for hydroxylation is 1. The van der Waals surface area contributed by atoms with Crippen molar-refractivity contribution in [3.8, 4) is 21.9 Å². The van der Waals surface area contributed by atoms with Crippen LogP contribution in [-0.2, 0) is 6.54 Å². The molecule has 0 bridgehead atoms. The van der Waals surface area contributed by atoms with Crippen LogP contribution in [0.3, 0.4) is 0 Å². The van der Waals surface area contributed by atoms with Gasteiger partial charge in [0.1, 0.15) is 6.61 Å². The standard InChI is InChI=1S/C18H23NO3S/c1-13-4-5-17(23-13)14-10-15-12-19(6-2-3-8-20)7-9-22-18(15)16(21)11-14/h4-5,10-11,20-21H,2-3,6-9,12H2,1H3. The second kappa shape index (κ2) is 7.34. The third-order valence-electron chi connectivity index (χ3n) is 4.10. The van der Waals surface area contributed by atoms with Crippen LogP contribution >= 0.6 is 11.3 Å². The van der Waals surface area contributed by atoms with E-state index in [1.54, 1.807) is 17.4 Å². The molecule has 1 aliphatic rings. The fourth-order valence-electron chi connectivity index (χ4n) is 2.92. The summed E-state index contributed by atoms with van der Waals surface area (Å²) in [6, 6.07) is 8.12. The highest BCUT2D eigenvalue weighted by Crippen LogP contribution is 2.39. The number of hydrogen-bond donors (Lipinski definition) is 2. The topological polar surface area (TPSA) is 52.9 Å². The summed E-state index contributed by atoms with van der Waals surface area (Å²) in [5.41, 5.74) is 2.08. The molecule has 0 radical (unpaired) electrons. The number of rotatable bonds is 5. The highest BCUT2D eigenvalue weighted by Gasteiger charge is 2.19. The van der Waals surface area contributed by atoms with Gasteiger partial charge in [-0.2, -0.15) is 0 Å². The van der Waals surface area contributed by atoms with Crippen molar-refractivity contribution >= 4 is 11.3 Å². The second-order valence-electron chi connectivity index (χ2n) is 5.95. The Morgan fingerprint density at radius 1 is 1.26 bits per heavy atom. The molecule has 3 rings (SSSR count). The minimum Gasteiger partial charge on any atom is -0.504 e. The first kappa shape index (κ1) is 16.3. The predicted octanol–water partition coefficient (Wildman–Crippen LogP) is 3.40. The highest BCUT2D eigenvalue weighted by atomic mass is 32.1. The Hall–Kier alpha value is -1.56. The van der Waals surface area contributed by atoms with Crippen molar-refractivity contribution in [2.45, 2.75) is 26.3 Å². The molecule has 0 saturated carbocycles. The Morgan fingerprint density at radius 3 is 2.87 bits per heavy atom. The molecule has 2 heterocycles. The van der Waals surface area contributed by atoms with Crippen LogP contribution in [0.25, 0.3) is 10.4 Å².